The monoisotopic (exact) mass is 360 g/mol. The summed E-state index contributed by atoms with van der Waals surface area (Å²) in [7, 11) is 0. The topological polar surface area (TPSA) is 53.8 Å². The van der Waals surface area contributed by atoms with Crippen LogP contribution in [-0.2, 0) is 0 Å². The summed E-state index contributed by atoms with van der Waals surface area (Å²) in [5.74, 6) is 0.209. The third kappa shape index (κ3) is 3.49. The standard InChI is InChI=1S/C22H20N2O3/c25-21(19-10-5-4-9-18(19)17-7-2-1-3-8-17)23-12-14-24(15-13-23)22(26)20-11-6-16-27-20/h1-11,16H,12-15H2. The molecule has 5 heteroatoms. The smallest absolute Gasteiger partial charge is 0.289 e. The largest absolute Gasteiger partial charge is 0.459 e. The average molecular weight is 360 g/mol. The molecule has 0 N–H and O–H groups in total. The van der Waals surface area contributed by atoms with Crippen molar-refractivity contribution in [3.8, 4) is 11.1 Å². The minimum Gasteiger partial charge on any atom is -0.459 e. The molecule has 1 aliphatic heterocycles. The Morgan fingerprint density at radius 1 is 0.704 bits per heavy atom. The highest BCUT2D eigenvalue weighted by molar-refractivity contribution is 6.01. The predicted octanol–water partition coefficient (Wildman–Crippen LogP) is 3.54. The van der Waals surface area contributed by atoms with Crippen molar-refractivity contribution in [2.45, 2.75) is 0 Å². The van der Waals surface area contributed by atoms with E-state index in [1.807, 2.05) is 59.5 Å². The molecule has 136 valence electrons. The first-order valence-electron chi connectivity index (χ1n) is 9.00. The van der Waals surface area contributed by atoms with Crippen LogP contribution in [0.2, 0.25) is 0 Å². The number of benzene rings is 2. The van der Waals surface area contributed by atoms with Gasteiger partial charge in [-0.05, 0) is 29.3 Å². The molecule has 3 aromatic rings. The van der Waals surface area contributed by atoms with Crippen molar-refractivity contribution in [3.05, 3.63) is 84.3 Å². The van der Waals surface area contributed by atoms with Crippen LogP contribution in [-0.4, -0.2) is 47.8 Å². The molecule has 4 rings (SSSR count). The highest BCUT2D eigenvalue weighted by Crippen LogP contribution is 2.25. The number of hydrogen-bond donors (Lipinski definition) is 0. The highest BCUT2D eigenvalue weighted by atomic mass is 16.3. The van der Waals surface area contributed by atoms with Crippen LogP contribution in [0.4, 0.5) is 0 Å². The van der Waals surface area contributed by atoms with Gasteiger partial charge in [-0.1, -0.05) is 48.5 Å². The Hall–Kier alpha value is -3.34. The molecule has 1 aliphatic rings. The van der Waals surface area contributed by atoms with E-state index >= 15 is 0 Å². The molecule has 2 aromatic carbocycles. The van der Waals surface area contributed by atoms with E-state index in [1.165, 1.54) is 6.26 Å². The van der Waals surface area contributed by atoms with Crippen LogP contribution in [0.25, 0.3) is 11.1 Å². The molecule has 0 unspecified atom stereocenters. The third-order valence-corrected chi connectivity index (χ3v) is 4.83. The fourth-order valence-electron chi connectivity index (χ4n) is 3.38. The number of carbonyl (C=O) groups is 2. The van der Waals surface area contributed by atoms with E-state index in [9.17, 15) is 9.59 Å². The highest BCUT2D eigenvalue weighted by Gasteiger charge is 2.27. The number of hydrogen-bond acceptors (Lipinski definition) is 3. The Morgan fingerprint density at radius 3 is 2.00 bits per heavy atom. The van der Waals surface area contributed by atoms with Gasteiger partial charge < -0.3 is 14.2 Å². The maximum Gasteiger partial charge on any atom is 0.289 e. The second-order valence-corrected chi connectivity index (χ2v) is 6.47. The van der Waals surface area contributed by atoms with E-state index in [1.54, 1.807) is 17.0 Å². The molecule has 0 bridgehead atoms. The molecule has 1 fully saturated rings. The number of piperazine rings is 1. The van der Waals surface area contributed by atoms with Crippen LogP contribution in [0.5, 0.6) is 0 Å². The fraction of sp³-hybridized carbons (Fsp3) is 0.182. The van der Waals surface area contributed by atoms with Crippen molar-refractivity contribution in [1.29, 1.82) is 0 Å². The number of rotatable bonds is 3. The van der Waals surface area contributed by atoms with E-state index in [0.717, 1.165) is 11.1 Å². The molecule has 1 aromatic heterocycles. The minimum absolute atomic E-state index is 0.000416. The first-order chi connectivity index (χ1) is 13.2. The lowest BCUT2D eigenvalue weighted by Crippen LogP contribution is -2.50. The van der Waals surface area contributed by atoms with Crippen molar-refractivity contribution in [2.75, 3.05) is 26.2 Å². The second-order valence-electron chi connectivity index (χ2n) is 6.47. The molecule has 2 amide bonds. The minimum atomic E-state index is -0.128. The van der Waals surface area contributed by atoms with Crippen molar-refractivity contribution < 1.29 is 14.0 Å². The van der Waals surface area contributed by atoms with E-state index in [-0.39, 0.29) is 11.8 Å². The molecule has 27 heavy (non-hydrogen) atoms. The maximum absolute atomic E-state index is 13.1. The predicted molar refractivity (Wildman–Crippen MR) is 102 cm³/mol. The zero-order valence-electron chi connectivity index (χ0n) is 14.9. The first kappa shape index (κ1) is 17.1. The van der Waals surface area contributed by atoms with Gasteiger partial charge in [-0.2, -0.15) is 0 Å². The van der Waals surface area contributed by atoms with Gasteiger partial charge in [-0.15, -0.1) is 0 Å². The zero-order valence-corrected chi connectivity index (χ0v) is 14.9. The normalized spacial score (nSPS) is 14.2. The molecule has 0 atom stereocenters. The summed E-state index contributed by atoms with van der Waals surface area (Å²) in [4.78, 5) is 29.0. The Bertz CT molecular complexity index is 927. The van der Waals surface area contributed by atoms with Gasteiger partial charge in [0.2, 0.25) is 0 Å². The number of furan rings is 1. The van der Waals surface area contributed by atoms with E-state index < -0.39 is 0 Å². The quantitative estimate of drug-likeness (QED) is 0.718. The van der Waals surface area contributed by atoms with Crippen LogP contribution >= 0.6 is 0 Å². The van der Waals surface area contributed by atoms with E-state index in [0.29, 0.717) is 37.5 Å². The molecule has 5 nitrogen and oxygen atoms in total. The zero-order chi connectivity index (χ0) is 18.6. The van der Waals surface area contributed by atoms with Crippen LogP contribution in [0, 0.1) is 0 Å². The van der Waals surface area contributed by atoms with E-state index in [2.05, 4.69) is 0 Å². The Kier molecular flexibility index (Phi) is 4.75. The number of amides is 2. The van der Waals surface area contributed by atoms with Gasteiger partial charge in [0.15, 0.2) is 5.76 Å². The lowest BCUT2D eigenvalue weighted by Gasteiger charge is -2.34. The SMILES string of the molecule is O=C(c1ccco1)N1CCN(C(=O)c2ccccc2-c2ccccc2)CC1. The number of carbonyl (C=O) groups excluding carboxylic acids is 2. The third-order valence-electron chi connectivity index (χ3n) is 4.83. The lowest BCUT2D eigenvalue weighted by molar-refractivity contribution is 0.0518. The summed E-state index contributed by atoms with van der Waals surface area (Å²) in [6.07, 6.45) is 1.49. The first-order valence-corrected chi connectivity index (χ1v) is 9.00. The lowest BCUT2D eigenvalue weighted by atomic mass is 9.98. The van der Waals surface area contributed by atoms with Gasteiger partial charge in [-0.25, -0.2) is 0 Å². The van der Waals surface area contributed by atoms with Crippen LogP contribution in [0.1, 0.15) is 20.9 Å². The average Bonchev–Trinajstić information content (AvgIpc) is 3.28. The Balaban J connectivity index is 1.48. The van der Waals surface area contributed by atoms with Crippen molar-refractivity contribution in [1.82, 2.24) is 9.80 Å². The van der Waals surface area contributed by atoms with Crippen molar-refractivity contribution in [2.24, 2.45) is 0 Å². The maximum atomic E-state index is 13.1. The van der Waals surface area contributed by atoms with Crippen molar-refractivity contribution in [3.63, 3.8) is 0 Å². The molecule has 1 saturated heterocycles. The molecule has 0 spiro atoms. The summed E-state index contributed by atoms with van der Waals surface area (Å²) < 4.78 is 5.19. The summed E-state index contributed by atoms with van der Waals surface area (Å²) in [6.45, 7) is 2.01. The Morgan fingerprint density at radius 2 is 1.33 bits per heavy atom. The van der Waals surface area contributed by atoms with Crippen LogP contribution in [0.15, 0.2) is 77.4 Å². The molecule has 0 radical (unpaired) electrons. The van der Waals surface area contributed by atoms with Crippen molar-refractivity contribution >= 4 is 11.8 Å². The van der Waals surface area contributed by atoms with Gasteiger partial charge >= 0.3 is 0 Å². The van der Waals surface area contributed by atoms with Gasteiger partial charge in [0.1, 0.15) is 0 Å². The van der Waals surface area contributed by atoms with Gasteiger partial charge in [0.25, 0.3) is 11.8 Å². The summed E-state index contributed by atoms with van der Waals surface area (Å²) >= 11 is 0. The Labute approximate surface area is 157 Å². The summed E-state index contributed by atoms with van der Waals surface area (Å²) in [5.41, 5.74) is 2.64. The fourth-order valence-corrected chi connectivity index (χ4v) is 3.38. The summed E-state index contributed by atoms with van der Waals surface area (Å²) in [6, 6.07) is 20.9. The molecule has 2 heterocycles. The molecule has 0 aliphatic carbocycles. The molecular formula is C22H20N2O3. The van der Waals surface area contributed by atoms with Gasteiger partial charge in [0.05, 0.1) is 6.26 Å². The molecular weight excluding hydrogens is 340 g/mol. The van der Waals surface area contributed by atoms with Gasteiger partial charge in [0, 0.05) is 31.7 Å². The van der Waals surface area contributed by atoms with Gasteiger partial charge in [-0.3, -0.25) is 9.59 Å². The van der Waals surface area contributed by atoms with Crippen LogP contribution in [0.3, 0.4) is 0 Å². The van der Waals surface area contributed by atoms with Crippen LogP contribution < -0.4 is 0 Å². The molecule has 0 saturated carbocycles. The number of nitrogens with zero attached hydrogens (tertiary/aromatic N) is 2. The summed E-state index contributed by atoms with van der Waals surface area (Å²) in [5, 5.41) is 0. The van der Waals surface area contributed by atoms with E-state index in [4.69, 9.17) is 4.42 Å². The second kappa shape index (κ2) is 7.50.